The highest BCUT2D eigenvalue weighted by Crippen LogP contribution is 2.22. The zero-order valence-electron chi connectivity index (χ0n) is 12.1. The average Bonchev–Trinajstić information content (AvgIpc) is 2.50. The van der Waals surface area contributed by atoms with Gasteiger partial charge in [-0.1, -0.05) is 29.3 Å². The lowest BCUT2D eigenvalue weighted by Gasteiger charge is -2.09. The molecule has 2 N–H and O–H groups in total. The normalized spacial score (nSPS) is 10.7. The molecule has 1 amide bonds. The van der Waals surface area contributed by atoms with Crippen LogP contribution in [0.25, 0.3) is 11.0 Å². The van der Waals surface area contributed by atoms with Crippen molar-refractivity contribution in [3.63, 3.8) is 0 Å². The van der Waals surface area contributed by atoms with Crippen molar-refractivity contribution in [2.45, 2.75) is 6.92 Å². The van der Waals surface area contributed by atoms with E-state index in [0.29, 0.717) is 26.7 Å². The van der Waals surface area contributed by atoms with Crippen LogP contribution in [-0.4, -0.2) is 5.91 Å². The first-order valence-corrected chi connectivity index (χ1v) is 7.55. The molecule has 116 valence electrons. The molecule has 0 radical (unpaired) electrons. The number of anilines is 1. The summed E-state index contributed by atoms with van der Waals surface area (Å²) in [6.45, 7) is 1.86. The number of amides is 1. The first-order chi connectivity index (χ1) is 10.9. The number of halogens is 2. The summed E-state index contributed by atoms with van der Waals surface area (Å²) in [6.07, 6.45) is 0. The van der Waals surface area contributed by atoms with Crippen LogP contribution < -0.4 is 10.9 Å². The van der Waals surface area contributed by atoms with Crippen molar-refractivity contribution >= 4 is 45.8 Å². The maximum absolute atomic E-state index is 12.5. The molecule has 23 heavy (non-hydrogen) atoms. The van der Waals surface area contributed by atoms with Crippen molar-refractivity contribution < 1.29 is 9.21 Å². The quantitative estimate of drug-likeness (QED) is 0.701. The topological polar surface area (TPSA) is 66.1 Å². The van der Waals surface area contributed by atoms with E-state index in [1.807, 2.05) is 13.0 Å². The van der Waals surface area contributed by atoms with E-state index in [1.54, 1.807) is 36.4 Å². The molecule has 0 fully saturated rings. The van der Waals surface area contributed by atoms with Crippen LogP contribution >= 0.6 is 23.2 Å². The summed E-state index contributed by atoms with van der Waals surface area (Å²) in [5, 5.41) is 12.4. The highest BCUT2D eigenvalue weighted by atomic mass is 35.5. The molecule has 6 heteroatoms. The van der Waals surface area contributed by atoms with Crippen molar-refractivity contribution in [2.75, 3.05) is 5.32 Å². The lowest BCUT2D eigenvalue weighted by molar-refractivity contribution is 0.102. The molecule has 4 nitrogen and oxygen atoms in total. The molecule has 0 aliphatic carbocycles. The lowest BCUT2D eigenvalue weighted by Crippen LogP contribution is -2.21. The van der Waals surface area contributed by atoms with Gasteiger partial charge in [0.2, 0.25) is 5.55 Å². The van der Waals surface area contributed by atoms with Crippen LogP contribution in [0.1, 0.15) is 15.9 Å². The number of benzene rings is 2. The Labute approximate surface area is 142 Å². The van der Waals surface area contributed by atoms with E-state index in [0.717, 1.165) is 5.56 Å². The van der Waals surface area contributed by atoms with Gasteiger partial charge in [-0.2, -0.15) is 0 Å². The number of aryl methyl sites for hydroxylation is 1. The Morgan fingerprint density at radius 3 is 2.57 bits per heavy atom. The molecule has 0 atom stereocenters. The van der Waals surface area contributed by atoms with Crippen molar-refractivity contribution in [1.29, 1.82) is 5.41 Å². The summed E-state index contributed by atoms with van der Waals surface area (Å²) in [5.41, 5.74) is 1.87. The summed E-state index contributed by atoms with van der Waals surface area (Å²) < 4.78 is 5.38. The molecule has 2 aromatic carbocycles. The Bertz CT molecular complexity index is 980. The van der Waals surface area contributed by atoms with Gasteiger partial charge in [0.15, 0.2) is 0 Å². The third kappa shape index (κ3) is 3.23. The van der Waals surface area contributed by atoms with Crippen LogP contribution in [0.2, 0.25) is 10.0 Å². The molecule has 0 saturated heterocycles. The molecule has 3 aromatic rings. The number of hydrogen-bond acceptors (Lipinski definition) is 3. The predicted octanol–water partition coefficient (Wildman–Crippen LogP) is 4.78. The number of rotatable bonds is 2. The second kappa shape index (κ2) is 6.07. The molecule has 1 aromatic heterocycles. The molecule has 0 saturated carbocycles. The average molecular weight is 347 g/mol. The summed E-state index contributed by atoms with van der Waals surface area (Å²) in [5.74, 6) is -0.439. The Morgan fingerprint density at radius 1 is 1.09 bits per heavy atom. The Kier molecular flexibility index (Phi) is 4.11. The molecule has 0 aliphatic rings. The van der Waals surface area contributed by atoms with Crippen LogP contribution in [0.15, 0.2) is 46.9 Å². The second-order valence-electron chi connectivity index (χ2n) is 5.08. The molecule has 1 heterocycles. The van der Waals surface area contributed by atoms with Gasteiger partial charge in [0.25, 0.3) is 5.91 Å². The van der Waals surface area contributed by atoms with Gasteiger partial charge in [0.05, 0.1) is 0 Å². The van der Waals surface area contributed by atoms with Gasteiger partial charge >= 0.3 is 0 Å². The number of nitrogens with one attached hydrogen (secondary N) is 2. The van der Waals surface area contributed by atoms with Crippen molar-refractivity contribution in [3.05, 3.63) is 69.2 Å². The lowest BCUT2D eigenvalue weighted by atomic mass is 10.1. The molecule has 3 rings (SSSR count). The Hall–Kier alpha value is -2.30. The summed E-state index contributed by atoms with van der Waals surface area (Å²) in [7, 11) is 0. The highest BCUT2D eigenvalue weighted by molar-refractivity contribution is 6.31. The number of hydrogen-bond donors (Lipinski definition) is 2. The maximum Gasteiger partial charge on any atom is 0.261 e. The van der Waals surface area contributed by atoms with Gasteiger partial charge in [0.1, 0.15) is 11.1 Å². The Balaban J connectivity index is 2.02. The predicted molar refractivity (Wildman–Crippen MR) is 91.2 cm³/mol. The number of carbonyl (C=O) groups is 1. The minimum Gasteiger partial charge on any atom is -0.438 e. The molecular formula is C17H12Cl2N2O2. The van der Waals surface area contributed by atoms with E-state index in [9.17, 15) is 4.79 Å². The minimum absolute atomic E-state index is 0.124. The monoisotopic (exact) mass is 346 g/mol. The van der Waals surface area contributed by atoms with Crippen LogP contribution in [0, 0.1) is 12.3 Å². The third-order valence-electron chi connectivity index (χ3n) is 3.42. The zero-order valence-corrected chi connectivity index (χ0v) is 13.6. The fourth-order valence-electron chi connectivity index (χ4n) is 2.20. The van der Waals surface area contributed by atoms with Crippen LogP contribution in [0.5, 0.6) is 0 Å². The smallest absolute Gasteiger partial charge is 0.261 e. The van der Waals surface area contributed by atoms with Gasteiger partial charge in [-0.05, 0) is 48.9 Å². The Morgan fingerprint density at radius 2 is 1.78 bits per heavy atom. The SMILES string of the molecule is Cc1ccc(Cl)cc1NC(=O)c1cc2cc(Cl)ccc2oc1=N. The van der Waals surface area contributed by atoms with Crippen molar-refractivity contribution in [1.82, 2.24) is 0 Å². The number of fused-ring (bicyclic) bond motifs is 1. The van der Waals surface area contributed by atoms with E-state index in [2.05, 4.69) is 5.32 Å². The van der Waals surface area contributed by atoms with E-state index < -0.39 is 5.91 Å². The van der Waals surface area contributed by atoms with Gasteiger partial charge in [-0.15, -0.1) is 0 Å². The maximum atomic E-state index is 12.5. The van der Waals surface area contributed by atoms with Crippen LogP contribution in [0.4, 0.5) is 5.69 Å². The van der Waals surface area contributed by atoms with Crippen LogP contribution in [0.3, 0.4) is 0 Å². The van der Waals surface area contributed by atoms with Crippen LogP contribution in [-0.2, 0) is 0 Å². The van der Waals surface area contributed by atoms with E-state index in [1.165, 1.54) is 0 Å². The zero-order chi connectivity index (χ0) is 16.6. The van der Waals surface area contributed by atoms with Crippen molar-refractivity contribution in [3.8, 4) is 0 Å². The second-order valence-corrected chi connectivity index (χ2v) is 5.96. The first kappa shape index (κ1) is 15.6. The highest BCUT2D eigenvalue weighted by Gasteiger charge is 2.13. The van der Waals surface area contributed by atoms with Crippen molar-refractivity contribution in [2.24, 2.45) is 0 Å². The molecule has 0 aliphatic heterocycles. The number of carbonyl (C=O) groups excluding carboxylic acids is 1. The minimum atomic E-state index is -0.439. The van der Waals surface area contributed by atoms with E-state index >= 15 is 0 Å². The fraction of sp³-hybridized carbons (Fsp3) is 0.0588. The van der Waals surface area contributed by atoms with Gasteiger partial charge in [0, 0.05) is 21.1 Å². The summed E-state index contributed by atoms with van der Waals surface area (Å²) in [6, 6.07) is 11.8. The van der Waals surface area contributed by atoms with E-state index in [-0.39, 0.29) is 11.1 Å². The summed E-state index contributed by atoms with van der Waals surface area (Å²) in [4.78, 5) is 12.5. The molecule has 0 unspecified atom stereocenters. The van der Waals surface area contributed by atoms with E-state index in [4.69, 9.17) is 33.0 Å². The standard InChI is InChI=1S/C17H12Cl2N2O2/c1-9-2-3-12(19)8-14(9)21-17(22)13-7-10-6-11(18)4-5-15(10)23-16(13)20/h2-8,20H,1H3,(H,21,22). The summed E-state index contributed by atoms with van der Waals surface area (Å²) >= 11 is 11.9. The molecule has 0 bridgehead atoms. The first-order valence-electron chi connectivity index (χ1n) is 6.79. The van der Waals surface area contributed by atoms with Gasteiger partial charge < -0.3 is 9.73 Å². The van der Waals surface area contributed by atoms with Gasteiger partial charge in [-0.25, -0.2) is 0 Å². The largest absolute Gasteiger partial charge is 0.438 e. The third-order valence-corrected chi connectivity index (χ3v) is 3.89. The molecular weight excluding hydrogens is 335 g/mol. The fourth-order valence-corrected chi connectivity index (χ4v) is 2.55. The van der Waals surface area contributed by atoms with Gasteiger partial charge in [-0.3, -0.25) is 10.2 Å². The molecule has 0 spiro atoms.